The lowest BCUT2D eigenvalue weighted by Crippen LogP contribution is -2.32. The summed E-state index contributed by atoms with van der Waals surface area (Å²) in [4.78, 5) is 9.15. The lowest BCUT2D eigenvalue weighted by Gasteiger charge is -2.20. The summed E-state index contributed by atoms with van der Waals surface area (Å²) in [6, 6.07) is -0.205. The van der Waals surface area contributed by atoms with Gasteiger partial charge in [0.25, 0.3) is 0 Å². The molecule has 0 amide bonds. The van der Waals surface area contributed by atoms with Crippen LogP contribution in [-0.2, 0) is 14.0 Å². The molecule has 4 nitrogen and oxygen atoms in total. The maximum absolute atomic E-state index is 13.5. The zero-order valence-electron chi connectivity index (χ0n) is 10.6. The highest BCUT2D eigenvalue weighted by molar-refractivity contribution is 7.60. The molecule has 1 rings (SSSR count). The Bertz CT molecular complexity index is 341. The van der Waals surface area contributed by atoms with Gasteiger partial charge >= 0.3 is 0 Å². The van der Waals surface area contributed by atoms with Crippen molar-refractivity contribution in [1.29, 1.82) is 0 Å². The summed E-state index contributed by atoms with van der Waals surface area (Å²) in [5.41, 5.74) is 0. The maximum atomic E-state index is 13.5. The molecule has 0 radical (unpaired) electrons. The summed E-state index contributed by atoms with van der Waals surface area (Å²) in [6.45, 7) is 4.47. The largest absolute Gasteiger partial charge is 0.369 e. The van der Waals surface area contributed by atoms with Gasteiger partial charge in [-0.3, -0.25) is 4.57 Å². The molecule has 0 aromatic carbocycles. The number of rotatable bonds is 4. The summed E-state index contributed by atoms with van der Waals surface area (Å²) >= 11 is 0. The predicted octanol–water partition coefficient (Wildman–Crippen LogP) is 1.93. The molecule has 0 spiro atoms. The monoisotopic (exact) mass is 253 g/mol. The smallest absolute Gasteiger partial charge is 0.219 e. The summed E-state index contributed by atoms with van der Waals surface area (Å²) in [5.74, 6) is 0.909. The van der Waals surface area contributed by atoms with Crippen LogP contribution in [0.25, 0.3) is 0 Å². The van der Waals surface area contributed by atoms with Crippen LogP contribution >= 0.6 is 7.37 Å². The molecule has 0 aromatic rings. The third kappa shape index (κ3) is 4.34. The van der Waals surface area contributed by atoms with Crippen molar-refractivity contribution in [3.63, 3.8) is 0 Å². The van der Waals surface area contributed by atoms with Gasteiger partial charge in [-0.25, -0.2) is 4.39 Å². The second-order valence-corrected chi connectivity index (χ2v) is 6.30. The Morgan fingerprint density at radius 1 is 1.75 bits per heavy atom. The van der Waals surface area contributed by atoms with Crippen molar-refractivity contribution in [3.05, 3.63) is 11.9 Å². The minimum atomic E-state index is -3.46. The van der Waals surface area contributed by atoms with Gasteiger partial charge < -0.3 is 14.4 Å². The highest BCUT2D eigenvalue weighted by Gasteiger charge is 2.37. The number of hydrogen-bond donors (Lipinski definition) is 1. The molecule has 1 aliphatic heterocycles. The molecule has 0 bridgehead atoms. The molecule has 16 heavy (non-hydrogen) atoms. The third-order valence-electron chi connectivity index (χ3n) is 2.00. The number of ether oxygens (including phenoxy) is 2. The molecule has 4 atom stereocenters. The average Bonchev–Trinajstić information content (AvgIpc) is 2.44. The molecule has 94 valence electrons. The molecule has 1 aliphatic rings. The van der Waals surface area contributed by atoms with E-state index in [9.17, 15) is 8.96 Å². The molecule has 1 N–H and O–H groups in total. The molecule has 1 heterocycles. The van der Waals surface area contributed by atoms with Crippen LogP contribution in [-0.4, -0.2) is 42.6 Å². The topological polar surface area (TPSA) is 55.8 Å². The van der Waals surface area contributed by atoms with Crippen LogP contribution in [0.3, 0.4) is 0 Å². The predicted molar refractivity (Wildman–Crippen MR) is 59.5 cm³/mol. The van der Waals surface area contributed by atoms with E-state index in [1.807, 2.05) is 0 Å². The molecule has 1 saturated heterocycles. The number of hydrogen-bond acceptors (Lipinski definition) is 3. The van der Waals surface area contributed by atoms with Crippen LogP contribution in [0.2, 0.25) is 0 Å². The Morgan fingerprint density at radius 2 is 2.38 bits per heavy atom. The van der Waals surface area contributed by atoms with Crippen molar-refractivity contribution in [2.45, 2.75) is 38.3 Å². The molecule has 1 unspecified atom stereocenters. The minimum absolute atomic E-state index is 0.155. The first-order valence-corrected chi connectivity index (χ1v) is 7.28. The van der Waals surface area contributed by atoms with E-state index in [0.717, 1.165) is 12.5 Å². The molecule has 6 heteroatoms. The third-order valence-corrected chi connectivity index (χ3v) is 2.63. The molecule has 1 fully saturated rings. The summed E-state index contributed by atoms with van der Waals surface area (Å²) in [6.07, 6.45) is -3.30. The van der Waals surface area contributed by atoms with Crippen molar-refractivity contribution in [2.24, 2.45) is 0 Å². The van der Waals surface area contributed by atoms with Crippen molar-refractivity contribution in [2.75, 3.05) is 13.3 Å². The van der Waals surface area contributed by atoms with Crippen LogP contribution in [0.1, 0.15) is 15.2 Å². The SMILES string of the molecule is [2H]/C(=C\P(C)(=O)O)[C@H]1OC[C@H](F)[C@@H]1OC(C)C. The van der Waals surface area contributed by atoms with Crippen molar-refractivity contribution in [1.82, 2.24) is 0 Å². The maximum Gasteiger partial charge on any atom is 0.219 e. The van der Waals surface area contributed by atoms with Crippen LogP contribution < -0.4 is 0 Å². The van der Waals surface area contributed by atoms with Gasteiger partial charge in [0.2, 0.25) is 7.37 Å². The van der Waals surface area contributed by atoms with Gasteiger partial charge in [0.05, 0.1) is 14.1 Å². The molecular formula is C10H18FO4P. The van der Waals surface area contributed by atoms with Crippen molar-refractivity contribution < 1.29 is 24.7 Å². The van der Waals surface area contributed by atoms with Crippen molar-refractivity contribution in [3.8, 4) is 0 Å². The molecule has 0 saturated carbocycles. The van der Waals surface area contributed by atoms with E-state index >= 15 is 0 Å². The van der Waals surface area contributed by atoms with E-state index < -0.39 is 25.7 Å². The summed E-state index contributed by atoms with van der Waals surface area (Å²) in [5, 5.41) is 0. The highest BCUT2D eigenvalue weighted by Crippen LogP contribution is 2.37. The lowest BCUT2D eigenvalue weighted by atomic mass is 10.1. The van der Waals surface area contributed by atoms with E-state index in [-0.39, 0.29) is 18.8 Å². The second-order valence-electron chi connectivity index (χ2n) is 4.16. The Labute approximate surface area is 96.3 Å². The summed E-state index contributed by atoms with van der Waals surface area (Å²) < 4.78 is 42.7. The van der Waals surface area contributed by atoms with Crippen LogP contribution in [0, 0.1) is 0 Å². The first-order chi connectivity index (χ1) is 7.70. The van der Waals surface area contributed by atoms with Crippen LogP contribution in [0.5, 0.6) is 0 Å². The van der Waals surface area contributed by atoms with Gasteiger partial charge in [-0.05, 0) is 25.7 Å². The Hall–Kier alpha value is -0.220. The fraction of sp³-hybridized carbons (Fsp3) is 0.800. The quantitative estimate of drug-likeness (QED) is 0.778. The van der Waals surface area contributed by atoms with Gasteiger partial charge in [0.15, 0.2) is 6.17 Å². The zero-order valence-corrected chi connectivity index (χ0v) is 10.5. The normalized spacial score (nSPS) is 36.2. The number of halogens is 1. The highest BCUT2D eigenvalue weighted by atomic mass is 31.2. The van der Waals surface area contributed by atoms with E-state index in [2.05, 4.69) is 0 Å². The number of alkyl halides is 1. The fourth-order valence-electron chi connectivity index (χ4n) is 1.40. The first kappa shape index (κ1) is 12.2. The van der Waals surface area contributed by atoms with Gasteiger partial charge in [-0.15, -0.1) is 0 Å². The Kier molecular flexibility index (Phi) is 4.14. The summed E-state index contributed by atoms with van der Waals surface area (Å²) in [7, 11) is -3.46. The minimum Gasteiger partial charge on any atom is -0.369 e. The van der Waals surface area contributed by atoms with E-state index in [0.29, 0.717) is 0 Å². The second kappa shape index (κ2) is 5.41. The van der Waals surface area contributed by atoms with E-state index in [1.165, 1.54) is 0 Å². The van der Waals surface area contributed by atoms with Crippen LogP contribution in [0.15, 0.2) is 11.9 Å². The average molecular weight is 253 g/mol. The zero-order chi connectivity index (χ0) is 13.2. The van der Waals surface area contributed by atoms with Crippen LogP contribution in [0.4, 0.5) is 4.39 Å². The van der Waals surface area contributed by atoms with Gasteiger partial charge in [0, 0.05) is 6.66 Å². The van der Waals surface area contributed by atoms with Gasteiger partial charge in [0.1, 0.15) is 12.2 Å². The van der Waals surface area contributed by atoms with E-state index in [1.54, 1.807) is 13.8 Å². The molecule has 0 aromatic heterocycles. The molecular weight excluding hydrogens is 234 g/mol. The molecule has 0 aliphatic carbocycles. The van der Waals surface area contributed by atoms with Gasteiger partial charge in [-0.2, -0.15) is 0 Å². The van der Waals surface area contributed by atoms with Crippen molar-refractivity contribution >= 4 is 7.37 Å². The van der Waals surface area contributed by atoms with E-state index in [4.69, 9.17) is 15.7 Å². The lowest BCUT2D eigenvalue weighted by molar-refractivity contribution is -0.0385. The fourth-order valence-corrected chi connectivity index (χ4v) is 1.82. The first-order valence-electron chi connectivity index (χ1n) is 5.61. The standard InChI is InChI=1S/C10H18FO4P/c1-7(2)15-10-8(11)6-14-9(10)4-5-16(3,12)13/h4-5,7-10H,6H2,1-3H3,(H,12,13)/b5-4+/t8-,9+,10-/m0/s1/i4D. The van der Waals surface area contributed by atoms with Gasteiger partial charge in [-0.1, -0.05) is 0 Å². The Balaban J connectivity index is 2.82. The Morgan fingerprint density at radius 3 is 2.88 bits per heavy atom.